The van der Waals surface area contributed by atoms with Crippen LogP contribution in [-0.2, 0) is 14.8 Å². The maximum absolute atomic E-state index is 11.9. The van der Waals surface area contributed by atoms with Gasteiger partial charge in [-0.1, -0.05) is 0 Å². The number of ether oxygens (including phenoxy) is 1. The largest absolute Gasteiger partial charge is 0.382 e. The summed E-state index contributed by atoms with van der Waals surface area (Å²) in [6.07, 6.45) is 0.604. The second-order valence-corrected chi connectivity index (χ2v) is 5.60. The van der Waals surface area contributed by atoms with Crippen LogP contribution in [-0.4, -0.2) is 34.1 Å². The molecule has 0 atom stereocenters. The molecule has 1 amide bonds. The van der Waals surface area contributed by atoms with Crippen LogP contribution in [0.5, 0.6) is 0 Å². The number of nitrogens with one attached hydrogen (secondary N) is 1. The molecule has 7 heteroatoms. The lowest BCUT2D eigenvalue weighted by Gasteiger charge is -2.07. The molecule has 1 aromatic carbocycles. The van der Waals surface area contributed by atoms with Crippen molar-refractivity contribution in [1.82, 2.24) is 4.72 Å². The summed E-state index contributed by atoms with van der Waals surface area (Å²) in [6, 6.07) is 5.48. The predicted octanol–water partition coefficient (Wildman–Crippen LogP) is 0.490. The van der Waals surface area contributed by atoms with Crippen LogP contribution in [0.25, 0.3) is 0 Å². The SMILES string of the molecule is CCOCCCNS(=O)(=O)c1ccc(C(N)=O)cc1. The van der Waals surface area contributed by atoms with Crippen molar-refractivity contribution in [3.05, 3.63) is 29.8 Å². The zero-order valence-electron chi connectivity index (χ0n) is 10.8. The van der Waals surface area contributed by atoms with Gasteiger partial charge in [-0.15, -0.1) is 0 Å². The minimum absolute atomic E-state index is 0.105. The van der Waals surface area contributed by atoms with Crippen LogP contribution in [0, 0.1) is 0 Å². The summed E-state index contributed by atoms with van der Waals surface area (Å²) in [5.74, 6) is -0.589. The number of benzene rings is 1. The number of carbonyl (C=O) groups excluding carboxylic acids is 1. The lowest BCUT2D eigenvalue weighted by atomic mass is 10.2. The molecule has 0 radical (unpaired) electrons. The first-order valence-electron chi connectivity index (χ1n) is 5.94. The fraction of sp³-hybridized carbons (Fsp3) is 0.417. The van der Waals surface area contributed by atoms with Crippen molar-refractivity contribution in [2.45, 2.75) is 18.2 Å². The summed E-state index contributed by atoms with van der Waals surface area (Å²) >= 11 is 0. The van der Waals surface area contributed by atoms with Crippen LogP contribution in [0.3, 0.4) is 0 Å². The van der Waals surface area contributed by atoms with Gasteiger partial charge in [0.2, 0.25) is 15.9 Å². The van der Waals surface area contributed by atoms with Crippen molar-refractivity contribution in [2.24, 2.45) is 5.73 Å². The minimum Gasteiger partial charge on any atom is -0.382 e. The zero-order valence-corrected chi connectivity index (χ0v) is 11.6. The van der Waals surface area contributed by atoms with Crippen molar-refractivity contribution in [1.29, 1.82) is 0 Å². The molecule has 6 nitrogen and oxygen atoms in total. The highest BCUT2D eigenvalue weighted by Crippen LogP contribution is 2.10. The van der Waals surface area contributed by atoms with Crippen LogP contribution >= 0.6 is 0 Å². The zero-order chi connectivity index (χ0) is 14.3. The molecule has 0 bridgehead atoms. The number of carbonyl (C=O) groups is 1. The van der Waals surface area contributed by atoms with E-state index in [1.165, 1.54) is 24.3 Å². The van der Waals surface area contributed by atoms with Gasteiger partial charge >= 0.3 is 0 Å². The molecule has 19 heavy (non-hydrogen) atoms. The number of primary amides is 1. The van der Waals surface area contributed by atoms with Gasteiger partial charge in [0.15, 0.2) is 0 Å². The van der Waals surface area contributed by atoms with Crippen LogP contribution in [0.1, 0.15) is 23.7 Å². The van der Waals surface area contributed by atoms with Crippen LogP contribution < -0.4 is 10.5 Å². The van der Waals surface area contributed by atoms with Gasteiger partial charge in [-0.2, -0.15) is 0 Å². The Morgan fingerprint density at radius 2 is 1.95 bits per heavy atom. The average Bonchev–Trinajstić information content (AvgIpc) is 2.38. The Bertz CT molecular complexity index is 511. The number of rotatable bonds is 8. The lowest BCUT2D eigenvalue weighted by molar-refractivity contribution is 0.1000. The highest BCUT2D eigenvalue weighted by Gasteiger charge is 2.13. The Balaban J connectivity index is 2.59. The van der Waals surface area contributed by atoms with E-state index in [4.69, 9.17) is 10.5 Å². The molecule has 1 rings (SSSR count). The van der Waals surface area contributed by atoms with Gasteiger partial charge in [-0.05, 0) is 37.6 Å². The van der Waals surface area contributed by atoms with Crippen LogP contribution in [0.2, 0.25) is 0 Å². The van der Waals surface area contributed by atoms with E-state index in [0.717, 1.165) is 0 Å². The van der Waals surface area contributed by atoms with Gasteiger partial charge in [-0.25, -0.2) is 13.1 Å². The molecule has 0 fully saturated rings. The summed E-state index contributed by atoms with van der Waals surface area (Å²) in [5.41, 5.74) is 5.36. The molecule has 0 aliphatic rings. The molecular formula is C12H18N2O4S. The summed E-state index contributed by atoms with van der Waals surface area (Å²) in [7, 11) is -3.55. The second kappa shape index (κ2) is 7.22. The highest BCUT2D eigenvalue weighted by molar-refractivity contribution is 7.89. The van der Waals surface area contributed by atoms with Gasteiger partial charge in [0, 0.05) is 25.3 Å². The van der Waals surface area contributed by atoms with Crippen molar-refractivity contribution in [3.63, 3.8) is 0 Å². The molecule has 0 spiro atoms. The van der Waals surface area contributed by atoms with Gasteiger partial charge < -0.3 is 10.5 Å². The number of nitrogens with two attached hydrogens (primary N) is 1. The van der Waals surface area contributed by atoms with E-state index in [1.54, 1.807) is 0 Å². The Labute approximate surface area is 113 Å². The summed E-state index contributed by atoms with van der Waals surface area (Å²) < 4.78 is 31.3. The first kappa shape index (κ1) is 15.6. The van der Waals surface area contributed by atoms with E-state index in [2.05, 4.69) is 4.72 Å². The van der Waals surface area contributed by atoms with E-state index in [0.29, 0.717) is 26.2 Å². The monoisotopic (exact) mass is 286 g/mol. The van der Waals surface area contributed by atoms with E-state index >= 15 is 0 Å². The third-order valence-electron chi connectivity index (χ3n) is 2.41. The van der Waals surface area contributed by atoms with Gasteiger partial charge in [0.25, 0.3) is 0 Å². The standard InChI is InChI=1S/C12H18N2O4S/c1-2-18-9-3-8-14-19(16,17)11-6-4-10(5-7-11)12(13)15/h4-7,14H,2-3,8-9H2,1H3,(H2,13,15). The molecule has 0 saturated carbocycles. The molecule has 3 N–H and O–H groups in total. The predicted molar refractivity (Wildman–Crippen MR) is 71.3 cm³/mol. The molecule has 0 saturated heterocycles. The van der Waals surface area contributed by atoms with Crippen molar-refractivity contribution in [2.75, 3.05) is 19.8 Å². The van der Waals surface area contributed by atoms with Gasteiger partial charge in [0.1, 0.15) is 0 Å². The first-order valence-corrected chi connectivity index (χ1v) is 7.43. The quantitative estimate of drug-likeness (QED) is 0.679. The van der Waals surface area contributed by atoms with E-state index in [-0.39, 0.29) is 10.5 Å². The Morgan fingerprint density at radius 3 is 2.47 bits per heavy atom. The minimum atomic E-state index is -3.55. The highest BCUT2D eigenvalue weighted by atomic mass is 32.2. The Morgan fingerprint density at radius 1 is 1.32 bits per heavy atom. The molecule has 106 valence electrons. The normalized spacial score (nSPS) is 11.4. The van der Waals surface area contributed by atoms with Crippen LogP contribution in [0.15, 0.2) is 29.2 Å². The molecular weight excluding hydrogens is 268 g/mol. The molecule has 0 aliphatic carbocycles. The molecule has 0 unspecified atom stereocenters. The van der Waals surface area contributed by atoms with Crippen LogP contribution in [0.4, 0.5) is 0 Å². The van der Waals surface area contributed by atoms with Crippen molar-refractivity contribution in [3.8, 4) is 0 Å². The number of hydrogen-bond acceptors (Lipinski definition) is 4. The molecule has 0 aliphatic heterocycles. The topological polar surface area (TPSA) is 98.5 Å². The summed E-state index contributed by atoms with van der Waals surface area (Å²) in [6.45, 7) is 3.31. The smallest absolute Gasteiger partial charge is 0.248 e. The third kappa shape index (κ3) is 4.98. The lowest BCUT2D eigenvalue weighted by Crippen LogP contribution is -2.25. The number of sulfonamides is 1. The van der Waals surface area contributed by atoms with Gasteiger partial charge in [-0.3, -0.25) is 4.79 Å². The first-order chi connectivity index (χ1) is 8.97. The van der Waals surface area contributed by atoms with Crippen molar-refractivity contribution >= 4 is 15.9 Å². The van der Waals surface area contributed by atoms with Crippen molar-refractivity contribution < 1.29 is 17.9 Å². The number of hydrogen-bond donors (Lipinski definition) is 2. The summed E-state index contributed by atoms with van der Waals surface area (Å²) in [5, 5.41) is 0. The fourth-order valence-corrected chi connectivity index (χ4v) is 2.48. The Kier molecular flexibility index (Phi) is 5.94. The Hall–Kier alpha value is -1.44. The van der Waals surface area contributed by atoms with E-state index in [1.807, 2.05) is 6.92 Å². The van der Waals surface area contributed by atoms with E-state index in [9.17, 15) is 13.2 Å². The van der Waals surface area contributed by atoms with E-state index < -0.39 is 15.9 Å². The fourth-order valence-electron chi connectivity index (χ4n) is 1.41. The second-order valence-electron chi connectivity index (χ2n) is 3.84. The van der Waals surface area contributed by atoms with Gasteiger partial charge in [0.05, 0.1) is 4.90 Å². The third-order valence-corrected chi connectivity index (χ3v) is 3.89. The number of amides is 1. The molecule has 0 aromatic heterocycles. The molecule has 1 aromatic rings. The average molecular weight is 286 g/mol. The maximum Gasteiger partial charge on any atom is 0.248 e. The summed E-state index contributed by atoms with van der Waals surface area (Å²) in [4.78, 5) is 11.0. The maximum atomic E-state index is 11.9. The molecule has 0 heterocycles.